The van der Waals surface area contributed by atoms with Crippen LogP contribution in [-0.2, 0) is 0 Å². The fraction of sp³-hybridized carbons (Fsp3) is 0.200. The van der Waals surface area contributed by atoms with Crippen molar-refractivity contribution in [2.75, 3.05) is 0 Å². The van der Waals surface area contributed by atoms with Crippen molar-refractivity contribution in [2.45, 2.75) is 13.0 Å². The molecule has 0 N–H and O–H groups in total. The van der Waals surface area contributed by atoms with Gasteiger partial charge in [-0.25, -0.2) is 0 Å². The van der Waals surface area contributed by atoms with Crippen LogP contribution < -0.4 is 4.74 Å². The van der Waals surface area contributed by atoms with Crippen molar-refractivity contribution in [1.29, 1.82) is 0 Å². The van der Waals surface area contributed by atoms with E-state index in [-0.39, 0.29) is 6.10 Å². The smallest absolute Gasteiger partial charge is 0.120 e. The van der Waals surface area contributed by atoms with Gasteiger partial charge in [0.1, 0.15) is 11.9 Å². The third kappa shape index (κ3) is 2.46. The molecule has 0 amide bonds. The monoisotopic (exact) mass is 148 g/mol. The first-order valence-corrected chi connectivity index (χ1v) is 3.67. The number of hydrogen-bond acceptors (Lipinski definition) is 1. The molecule has 0 spiro atoms. The number of rotatable bonds is 3. The van der Waals surface area contributed by atoms with Crippen LogP contribution in [-0.4, -0.2) is 6.10 Å². The lowest BCUT2D eigenvalue weighted by molar-refractivity contribution is 0.270. The summed E-state index contributed by atoms with van der Waals surface area (Å²) in [7, 11) is 0. The maximum Gasteiger partial charge on any atom is 0.120 e. The molecule has 0 aliphatic carbocycles. The molecule has 58 valence electrons. The fourth-order valence-electron chi connectivity index (χ4n) is 0.762. The van der Waals surface area contributed by atoms with Gasteiger partial charge < -0.3 is 4.74 Å². The molecule has 0 heterocycles. The van der Waals surface area contributed by atoms with Gasteiger partial charge in [-0.2, -0.15) is 0 Å². The predicted molar refractivity (Wildman–Crippen MR) is 46.7 cm³/mol. The first-order chi connectivity index (χ1) is 5.33. The lowest BCUT2D eigenvalue weighted by Gasteiger charge is -2.09. The second-order valence-corrected chi connectivity index (χ2v) is 2.37. The maximum atomic E-state index is 5.45. The van der Waals surface area contributed by atoms with Crippen LogP contribution in [0.3, 0.4) is 0 Å². The summed E-state index contributed by atoms with van der Waals surface area (Å²) in [5.41, 5.74) is 0. The van der Waals surface area contributed by atoms with Gasteiger partial charge in [0.25, 0.3) is 0 Å². The summed E-state index contributed by atoms with van der Waals surface area (Å²) in [4.78, 5) is 0. The molecule has 0 aromatic heterocycles. The molecule has 1 aromatic rings. The summed E-state index contributed by atoms with van der Waals surface area (Å²) in [5.74, 6) is 0.889. The van der Waals surface area contributed by atoms with E-state index in [1.165, 1.54) is 0 Å². The van der Waals surface area contributed by atoms with Gasteiger partial charge >= 0.3 is 0 Å². The van der Waals surface area contributed by atoms with Crippen molar-refractivity contribution in [3.05, 3.63) is 43.0 Å². The van der Waals surface area contributed by atoms with E-state index in [9.17, 15) is 0 Å². The van der Waals surface area contributed by atoms with Crippen molar-refractivity contribution in [1.82, 2.24) is 0 Å². The zero-order chi connectivity index (χ0) is 8.10. The minimum atomic E-state index is 0.0809. The van der Waals surface area contributed by atoms with Gasteiger partial charge in [-0.3, -0.25) is 0 Å². The van der Waals surface area contributed by atoms with E-state index in [2.05, 4.69) is 6.58 Å². The maximum absolute atomic E-state index is 5.45. The van der Waals surface area contributed by atoms with Gasteiger partial charge in [0.05, 0.1) is 0 Å². The van der Waals surface area contributed by atoms with Crippen molar-refractivity contribution >= 4 is 0 Å². The van der Waals surface area contributed by atoms with Gasteiger partial charge in [0, 0.05) is 0 Å². The highest BCUT2D eigenvalue weighted by atomic mass is 16.5. The molecule has 0 aliphatic heterocycles. The van der Waals surface area contributed by atoms with E-state index in [1.54, 1.807) is 6.08 Å². The molecular formula is C10H12O. The highest BCUT2D eigenvalue weighted by Crippen LogP contribution is 2.10. The fourth-order valence-corrected chi connectivity index (χ4v) is 0.762. The topological polar surface area (TPSA) is 9.23 Å². The van der Waals surface area contributed by atoms with Crippen LogP contribution in [0.15, 0.2) is 43.0 Å². The van der Waals surface area contributed by atoms with Crippen LogP contribution >= 0.6 is 0 Å². The highest BCUT2D eigenvalue weighted by Gasteiger charge is 1.95. The lowest BCUT2D eigenvalue weighted by Crippen LogP contribution is -2.06. The average Bonchev–Trinajstić information content (AvgIpc) is 2.06. The molecule has 0 saturated heterocycles. The molecule has 0 unspecified atom stereocenters. The van der Waals surface area contributed by atoms with Gasteiger partial charge in [0.2, 0.25) is 0 Å². The van der Waals surface area contributed by atoms with Crippen LogP contribution in [0.5, 0.6) is 5.75 Å². The summed E-state index contributed by atoms with van der Waals surface area (Å²) in [6.07, 6.45) is 1.85. The molecule has 1 rings (SSSR count). The molecule has 1 heteroatoms. The molecule has 0 saturated carbocycles. The summed E-state index contributed by atoms with van der Waals surface area (Å²) < 4.78 is 5.45. The summed E-state index contributed by atoms with van der Waals surface area (Å²) in [6.45, 7) is 5.59. The van der Waals surface area contributed by atoms with Crippen molar-refractivity contribution < 1.29 is 4.74 Å². The van der Waals surface area contributed by atoms with Crippen LogP contribution in [0.25, 0.3) is 0 Å². The summed E-state index contributed by atoms with van der Waals surface area (Å²) in [5, 5.41) is 0. The zero-order valence-electron chi connectivity index (χ0n) is 6.66. The standard InChI is InChI=1S/C10H12O/c1-3-9(2)11-10-7-5-4-6-8-10/h3-9H,1H2,2H3/t9-/m0/s1. The number of ether oxygens (including phenoxy) is 1. The average molecular weight is 148 g/mol. The lowest BCUT2D eigenvalue weighted by atomic mass is 10.3. The van der Waals surface area contributed by atoms with E-state index >= 15 is 0 Å². The van der Waals surface area contributed by atoms with E-state index in [4.69, 9.17) is 4.74 Å². The molecule has 1 nitrogen and oxygen atoms in total. The van der Waals surface area contributed by atoms with Gasteiger partial charge in [-0.1, -0.05) is 30.9 Å². The molecule has 0 fully saturated rings. The van der Waals surface area contributed by atoms with E-state index < -0.39 is 0 Å². The van der Waals surface area contributed by atoms with E-state index in [1.807, 2.05) is 37.3 Å². The Morgan fingerprint density at radius 2 is 2.00 bits per heavy atom. The van der Waals surface area contributed by atoms with Crippen LogP contribution in [0.2, 0.25) is 0 Å². The van der Waals surface area contributed by atoms with Gasteiger partial charge in [-0.05, 0) is 19.1 Å². The highest BCUT2D eigenvalue weighted by molar-refractivity contribution is 5.21. The van der Waals surface area contributed by atoms with Crippen LogP contribution in [0.4, 0.5) is 0 Å². The largest absolute Gasteiger partial charge is 0.487 e. The minimum Gasteiger partial charge on any atom is -0.487 e. The predicted octanol–water partition coefficient (Wildman–Crippen LogP) is 2.64. The zero-order valence-corrected chi connectivity index (χ0v) is 6.66. The molecule has 0 aliphatic rings. The second-order valence-electron chi connectivity index (χ2n) is 2.37. The number of para-hydroxylation sites is 1. The molecule has 1 aromatic carbocycles. The van der Waals surface area contributed by atoms with Gasteiger partial charge in [-0.15, -0.1) is 0 Å². The number of hydrogen-bond donors (Lipinski definition) is 0. The van der Waals surface area contributed by atoms with E-state index in [0.717, 1.165) is 5.75 Å². The minimum absolute atomic E-state index is 0.0809. The van der Waals surface area contributed by atoms with Crippen LogP contribution in [0, 0.1) is 0 Å². The van der Waals surface area contributed by atoms with Crippen molar-refractivity contribution in [3.63, 3.8) is 0 Å². The second kappa shape index (κ2) is 3.81. The van der Waals surface area contributed by atoms with Crippen LogP contribution in [0.1, 0.15) is 6.92 Å². The third-order valence-corrected chi connectivity index (χ3v) is 1.40. The van der Waals surface area contributed by atoms with Crippen molar-refractivity contribution in [3.8, 4) is 5.75 Å². The Hall–Kier alpha value is -1.24. The van der Waals surface area contributed by atoms with E-state index in [0.29, 0.717) is 0 Å². The molecular weight excluding hydrogens is 136 g/mol. The first kappa shape index (κ1) is 7.86. The van der Waals surface area contributed by atoms with Gasteiger partial charge in [0.15, 0.2) is 0 Å². The summed E-state index contributed by atoms with van der Waals surface area (Å²) in [6, 6.07) is 9.72. The van der Waals surface area contributed by atoms with Crippen molar-refractivity contribution in [2.24, 2.45) is 0 Å². The Balaban J connectivity index is 2.57. The molecule has 1 atom stereocenters. The SMILES string of the molecule is C=C[C@H](C)Oc1ccccc1. The Labute approximate surface area is 67.3 Å². The molecule has 11 heavy (non-hydrogen) atoms. The Morgan fingerprint density at radius 3 is 2.55 bits per heavy atom. The Kier molecular flexibility index (Phi) is 2.73. The quantitative estimate of drug-likeness (QED) is 0.599. The Bertz CT molecular complexity index is 216. The Morgan fingerprint density at radius 1 is 1.36 bits per heavy atom. The first-order valence-electron chi connectivity index (χ1n) is 3.67. The third-order valence-electron chi connectivity index (χ3n) is 1.40. The summed E-state index contributed by atoms with van der Waals surface area (Å²) >= 11 is 0. The molecule has 0 bridgehead atoms. The normalized spacial score (nSPS) is 12.1. The number of benzene rings is 1. The molecule has 0 radical (unpaired) electrons.